The maximum Gasteiger partial charge on any atom is 0.244 e. The number of hydrazone groups is 1. The lowest BCUT2D eigenvalue weighted by atomic mass is 10.1. The van der Waals surface area contributed by atoms with Crippen molar-refractivity contribution in [2.24, 2.45) is 5.10 Å². The highest BCUT2D eigenvalue weighted by Crippen LogP contribution is 2.26. The monoisotopic (exact) mass is 390 g/mol. The summed E-state index contributed by atoms with van der Waals surface area (Å²) in [7, 11) is 0. The molecule has 1 amide bonds. The van der Waals surface area contributed by atoms with Crippen LogP contribution in [0.2, 0.25) is 5.02 Å². The number of hydrogen-bond acceptors (Lipinski definition) is 4. The van der Waals surface area contributed by atoms with E-state index in [1.54, 1.807) is 18.0 Å². The zero-order chi connectivity index (χ0) is 18.8. The van der Waals surface area contributed by atoms with E-state index in [0.717, 1.165) is 33.9 Å². The van der Waals surface area contributed by atoms with Crippen molar-refractivity contribution in [1.82, 2.24) is 5.43 Å². The van der Waals surface area contributed by atoms with E-state index in [1.807, 2.05) is 42.5 Å². The number of carbonyl (C=O) groups is 1. The Kier molecular flexibility index (Phi) is 8.51. The van der Waals surface area contributed by atoms with Crippen LogP contribution < -0.4 is 10.2 Å². The quantitative estimate of drug-likeness (QED) is 0.375. The third-order valence-corrected chi connectivity index (χ3v) is 4.68. The van der Waals surface area contributed by atoms with Gasteiger partial charge in [0.25, 0.3) is 0 Å². The third kappa shape index (κ3) is 6.39. The van der Waals surface area contributed by atoms with Crippen LogP contribution in [-0.2, 0) is 11.2 Å². The number of para-hydroxylation sites is 1. The molecule has 138 valence electrons. The van der Waals surface area contributed by atoms with Gasteiger partial charge in [-0.25, -0.2) is 5.43 Å². The number of halogens is 1. The van der Waals surface area contributed by atoms with Crippen LogP contribution in [0.5, 0.6) is 5.75 Å². The van der Waals surface area contributed by atoms with Crippen LogP contribution in [0.25, 0.3) is 0 Å². The van der Waals surface area contributed by atoms with Crippen LogP contribution >= 0.6 is 23.4 Å². The van der Waals surface area contributed by atoms with E-state index < -0.39 is 0 Å². The molecule has 0 radical (unpaired) electrons. The van der Waals surface area contributed by atoms with Crippen LogP contribution in [-0.4, -0.2) is 24.5 Å². The molecule has 4 nitrogen and oxygen atoms in total. The summed E-state index contributed by atoms with van der Waals surface area (Å²) >= 11 is 7.75. The normalized spacial score (nSPS) is 10.9. The first kappa shape index (κ1) is 20.3. The van der Waals surface area contributed by atoms with Gasteiger partial charge in [-0.2, -0.15) is 5.10 Å². The molecule has 0 unspecified atom stereocenters. The van der Waals surface area contributed by atoms with Gasteiger partial charge in [-0.3, -0.25) is 4.79 Å². The van der Waals surface area contributed by atoms with Gasteiger partial charge in [-0.15, -0.1) is 11.8 Å². The van der Waals surface area contributed by atoms with Gasteiger partial charge in [0.05, 0.1) is 19.2 Å². The van der Waals surface area contributed by atoms with Crippen LogP contribution in [0.3, 0.4) is 0 Å². The number of hydrogen-bond donors (Lipinski definition) is 1. The number of nitrogens with zero attached hydrogens (tertiary/aromatic N) is 1. The first-order valence-electron chi connectivity index (χ1n) is 8.59. The number of amides is 1. The van der Waals surface area contributed by atoms with Crippen molar-refractivity contribution < 1.29 is 9.53 Å². The fourth-order valence-corrected chi connectivity index (χ4v) is 3.29. The van der Waals surface area contributed by atoms with E-state index >= 15 is 0 Å². The Labute approximate surface area is 164 Å². The fourth-order valence-electron chi connectivity index (χ4n) is 2.30. The molecule has 0 spiro atoms. The Bertz CT molecular complexity index is 765. The van der Waals surface area contributed by atoms with Gasteiger partial charge >= 0.3 is 0 Å². The number of rotatable bonds is 9. The number of thioether (sulfide) groups is 1. The molecule has 1 N–H and O–H groups in total. The molecule has 0 fully saturated rings. The Morgan fingerprint density at radius 2 is 2.08 bits per heavy atom. The average Bonchev–Trinajstić information content (AvgIpc) is 2.63. The summed E-state index contributed by atoms with van der Waals surface area (Å²) in [5.41, 5.74) is 4.31. The molecule has 0 saturated carbocycles. The summed E-state index contributed by atoms with van der Waals surface area (Å²) in [6.07, 6.45) is 2.76. The average molecular weight is 391 g/mol. The number of ether oxygens (including phenoxy) is 1. The molecule has 6 heteroatoms. The van der Waals surface area contributed by atoms with E-state index in [9.17, 15) is 4.79 Å². The SMILES string of the molecule is CCCOc1ccccc1/C=N\NC(=O)Cc1cc(Cl)ccc1SCC. The molecule has 2 aromatic carbocycles. The van der Waals surface area contributed by atoms with E-state index in [4.69, 9.17) is 16.3 Å². The van der Waals surface area contributed by atoms with Gasteiger partial charge in [0.15, 0.2) is 0 Å². The van der Waals surface area contributed by atoms with Gasteiger partial charge < -0.3 is 4.74 Å². The van der Waals surface area contributed by atoms with E-state index in [0.29, 0.717) is 11.6 Å². The Morgan fingerprint density at radius 1 is 1.27 bits per heavy atom. The molecule has 0 aliphatic heterocycles. The summed E-state index contributed by atoms with van der Waals surface area (Å²) in [5.74, 6) is 1.50. The molecule has 2 rings (SSSR count). The molecule has 0 saturated heterocycles. The van der Waals surface area contributed by atoms with Gasteiger partial charge in [-0.05, 0) is 48.1 Å². The summed E-state index contributed by atoms with van der Waals surface area (Å²) < 4.78 is 5.67. The molecule has 0 heterocycles. The zero-order valence-electron chi connectivity index (χ0n) is 15.0. The summed E-state index contributed by atoms with van der Waals surface area (Å²) in [5, 5.41) is 4.68. The minimum Gasteiger partial charge on any atom is -0.493 e. The van der Waals surface area contributed by atoms with E-state index in [-0.39, 0.29) is 12.3 Å². The molecular weight excluding hydrogens is 368 g/mol. The molecule has 0 aliphatic rings. The predicted octanol–water partition coefficient (Wildman–Crippen LogP) is 4.93. The van der Waals surface area contributed by atoms with Crippen molar-refractivity contribution in [3.05, 3.63) is 58.6 Å². The summed E-state index contributed by atoms with van der Waals surface area (Å²) in [6.45, 7) is 4.77. The van der Waals surface area contributed by atoms with Crippen LogP contribution in [0.4, 0.5) is 0 Å². The highest BCUT2D eigenvalue weighted by Gasteiger charge is 2.09. The largest absolute Gasteiger partial charge is 0.493 e. The van der Waals surface area contributed by atoms with Gasteiger partial charge in [0.1, 0.15) is 5.75 Å². The molecule has 0 atom stereocenters. The minimum absolute atomic E-state index is 0.187. The standard InChI is InChI=1S/C20H23ClN2O2S/c1-3-11-25-18-8-6-5-7-15(18)14-22-23-20(24)13-16-12-17(21)9-10-19(16)26-4-2/h5-10,12,14H,3-4,11,13H2,1-2H3,(H,23,24)/b22-14-. The van der Waals surface area contributed by atoms with Gasteiger partial charge in [0.2, 0.25) is 5.91 Å². The highest BCUT2D eigenvalue weighted by molar-refractivity contribution is 7.99. The number of benzene rings is 2. The van der Waals surface area contributed by atoms with Crippen molar-refractivity contribution in [3.63, 3.8) is 0 Å². The third-order valence-electron chi connectivity index (χ3n) is 3.45. The highest BCUT2D eigenvalue weighted by atomic mass is 35.5. The lowest BCUT2D eigenvalue weighted by Crippen LogP contribution is -2.20. The maximum atomic E-state index is 12.2. The summed E-state index contributed by atoms with van der Waals surface area (Å²) in [6, 6.07) is 13.2. The second-order valence-corrected chi connectivity index (χ2v) is 7.28. The first-order chi connectivity index (χ1) is 12.6. The van der Waals surface area contributed by atoms with Gasteiger partial charge in [-0.1, -0.05) is 37.6 Å². The first-order valence-corrected chi connectivity index (χ1v) is 9.95. The molecular formula is C20H23ClN2O2S. The predicted molar refractivity (Wildman–Crippen MR) is 110 cm³/mol. The second kappa shape index (κ2) is 10.9. The van der Waals surface area contributed by atoms with Crippen molar-refractivity contribution in [3.8, 4) is 5.75 Å². The summed E-state index contributed by atoms with van der Waals surface area (Å²) in [4.78, 5) is 13.3. The van der Waals surface area contributed by atoms with Crippen molar-refractivity contribution >= 4 is 35.5 Å². The molecule has 0 aromatic heterocycles. The lowest BCUT2D eigenvalue weighted by Gasteiger charge is -2.09. The maximum absolute atomic E-state index is 12.2. The Hall–Kier alpha value is -1.98. The Morgan fingerprint density at radius 3 is 2.85 bits per heavy atom. The molecule has 2 aromatic rings. The van der Waals surface area contributed by atoms with Crippen molar-refractivity contribution in [2.75, 3.05) is 12.4 Å². The molecule has 0 aliphatic carbocycles. The van der Waals surface area contributed by atoms with Crippen LogP contribution in [0.1, 0.15) is 31.4 Å². The van der Waals surface area contributed by atoms with E-state index in [1.165, 1.54) is 0 Å². The second-order valence-electron chi connectivity index (χ2n) is 5.54. The molecule has 0 bridgehead atoms. The van der Waals surface area contributed by atoms with E-state index in [2.05, 4.69) is 24.4 Å². The smallest absolute Gasteiger partial charge is 0.244 e. The topological polar surface area (TPSA) is 50.7 Å². The van der Waals surface area contributed by atoms with Crippen molar-refractivity contribution in [1.29, 1.82) is 0 Å². The van der Waals surface area contributed by atoms with Crippen LogP contribution in [0.15, 0.2) is 52.5 Å². The van der Waals surface area contributed by atoms with Gasteiger partial charge in [0, 0.05) is 15.5 Å². The number of nitrogens with one attached hydrogen (secondary N) is 1. The minimum atomic E-state index is -0.187. The lowest BCUT2D eigenvalue weighted by molar-refractivity contribution is -0.120. The van der Waals surface area contributed by atoms with Crippen LogP contribution in [0, 0.1) is 0 Å². The van der Waals surface area contributed by atoms with Crippen molar-refractivity contribution in [2.45, 2.75) is 31.6 Å². The Balaban J connectivity index is 1.99. The molecule has 26 heavy (non-hydrogen) atoms. The number of carbonyl (C=O) groups excluding carboxylic acids is 1. The zero-order valence-corrected chi connectivity index (χ0v) is 16.6. The fraction of sp³-hybridized carbons (Fsp3) is 0.300.